The molecule has 0 aliphatic rings. The third-order valence-corrected chi connectivity index (χ3v) is 3.97. The van der Waals surface area contributed by atoms with Gasteiger partial charge in [0.05, 0.1) is 16.0 Å². The van der Waals surface area contributed by atoms with Gasteiger partial charge in [0.25, 0.3) is 0 Å². The van der Waals surface area contributed by atoms with E-state index < -0.39 is 0 Å². The van der Waals surface area contributed by atoms with Gasteiger partial charge in [-0.1, -0.05) is 6.07 Å². The fraction of sp³-hybridized carbons (Fsp3) is 0.143. The molecule has 0 saturated carbocycles. The third-order valence-electron chi connectivity index (χ3n) is 2.38. The van der Waals surface area contributed by atoms with Crippen molar-refractivity contribution in [3.63, 3.8) is 0 Å². The van der Waals surface area contributed by atoms with Crippen LogP contribution >= 0.6 is 27.3 Å². The van der Waals surface area contributed by atoms with Gasteiger partial charge in [-0.3, -0.25) is 9.78 Å². The van der Waals surface area contributed by atoms with Gasteiger partial charge < -0.3 is 5.32 Å². The lowest BCUT2D eigenvalue weighted by Crippen LogP contribution is -2.20. The fourth-order valence-corrected chi connectivity index (χ4v) is 2.84. The predicted octanol–water partition coefficient (Wildman–Crippen LogP) is 3.54. The zero-order valence-corrected chi connectivity index (χ0v) is 12.8. The van der Waals surface area contributed by atoms with Crippen molar-refractivity contribution in [1.82, 2.24) is 10.3 Å². The lowest BCUT2D eigenvalue weighted by molar-refractivity contribution is -0.116. The van der Waals surface area contributed by atoms with Crippen molar-refractivity contribution in [2.24, 2.45) is 0 Å². The summed E-state index contributed by atoms with van der Waals surface area (Å²) in [5.74, 6) is -0.118. The summed E-state index contributed by atoms with van der Waals surface area (Å²) in [6.45, 7) is 2.37. The first-order valence-corrected chi connectivity index (χ1v) is 7.38. The molecule has 0 bridgehead atoms. The Hall–Kier alpha value is -1.46. The molecular weight excluding hydrogens is 324 g/mol. The molecule has 0 aliphatic carbocycles. The Balaban J connectivity index is 1.86. The van der Waals surface area contributed by atoms with E-state index in [2.05, 4.69) is 26.2 Å². The van der Waals surface area contributed by atoms with Gasteiger partial charge >= 0.3 is 0 Å². The van der Waals surface area contributed by atoms with Crippen LogP contribution in [0.1, 0.15) is 16.3 Å². The van der Waals surface area contributed by atoms with E-state index in [9.17, 15) is 4.79 Å². The Morgan fingerprint density at radius 2 is 2.26 bits per heavy atom. The number of aromatic nitrogens is 1. The van der Waals surface area contributed by atoms with Crippen molar-refractivity contribution in [1.29, 1.82) is 0 Å². The normalized spacial score (nSPS) is 10.8. The molecule has 0 atom stereocenters. The molecule has 0 radical (unpaired) electrons. The number of halogens is 1. The van der Waals surface area contributed by atoms with Crippen LogP contribution in [0.5, 0.6) is 0 Å². The molecular formula is C14H13BrN2OS. The number of carbonyl (C=O) groups excluding carboxylic acids is 1. The van der Waals surface area contributed by atoms with Gasteiger partial charge in [0.2, 0.25) is 5.91 Å². The van der Waals surface area contributed by atoms with Gasteiger partial charge in [0.1, 0.15) is 0 Å². The van der Waals surface area contributed by atoms with Gasteiger partial charge in [0, 0.05) is 16.6 Å². The molecule has 2 heterocycles. The van der Waals surface area contributed by atoms with Crippen LogP contribution in [0.4, 0.5) is 0 Å². The van der Waals surface area contributed by atoms with E-state index in [-0.39, 0.29) is 5.91 Å². The van der Waals surface area contributed by atoms with Gasteiger partial charge in [-0.15, -0.1) is 11.3 Å². The van der Waals surface area contributed by atoms with Gasteiger partial charge in [-0.25, -0.2) is 0 Å². The molecule has 0 saturated heterocycles. The van der Waals surface area contributed by atoms with Gasteiger partial charge in [-0.05, 0) is 53.2 Å². The summed E-state index contributed by atoms with van der Waals surface area (Å²) in [7, 11) is 0. The minimum absolute atomic E-state index is 0.118. The van der Waals surface area contributed by atoms with Crippen molar-refractivity contribution in [2.75, 3.05) is 0 Å². The van der Waals surface area contributed by atoms with Gasteiger partial charge in [0.15, 0.2) is 0 Å². The fourth-order valence-electron chi connectivity index (χ4n) is 1.51. The Bertz CT molecular complexity index is 607. The molecule has 0 aliphatic heterocycles. The maximum atomic E-state index is 11.6. The first-order chi connectivity index (χ1) is 9.13. The number of thiophene rings is 1. The molecule has 0 unspecified atom stereocenters. The van der Waals surface area contributed by atoms with Crippen molar-refractivity contribution < 1.29 is 4.79 Å². The van der Waals surface area contributed by atoms with Crippen LogP contribution in [0.3, 0.4) is 0 Å². The summed E-state index contributed by atoms with van der Waals surface area (Å²) >= 11 is 4.97. The number of nitrogens with one attached hydrogen (secondary N) is 1. The number of nitrogens with zero attached hydrogens (tertiary/aromatic N) is 1. The number of amides is 1. The predicted molar refractivity (Wildman–Crippen MR) is 81.9 cm³/mol. The number of rotatable bonds is 4. The highest BCUT2D eigenvalue weighted by Gasteiger charge is 1.99. The van der Waals surface area contributed by atoms with Crippen molar-refractivity contribution >= 4 is 39.2 Å². The SMILES string of the molecule is Cc1cccc(CNC(=O)C=Cc2ccc(Br)s2)n1. The zero-order valence-electron chi connectivity index (χ0n) is 10.4. The number of hydrogen-bond donors (Lipinski definition) is 1. The lowest BCUT2D eigenvalue weighted by Gasteiger charge is -2.02. The summed E-state index contributed by atoms with van der Waals surface area (Å²) in [6.07, 6.45) is 3.34. The molecule has 19 heavy (non-hydrogen) atoms. The summed E-state index contributed by atoms with van der Waals surface area (Å²) in [5.41, 5.74) is 1.81. The molecule has 3 nitrogen and oxygen atoms in total. The standard InChI is InChI=1S/C14H13BrN2OS/c1-10-3-2-4-11(17-10)9-16-14(18)8-6-12-5-7-13(15)19-12/h2-8H,9H2,1H3,(H,16,18). The molecule has 2 aromatic rings. The third kappa shape index (κ3) is 4.61. The van der Waals surface area contributed by atoms with E-state index in [0.717, 1.165) is 20.1 Å². The smallest absolute Gasteiger partial charge is 0.244 e. The second-order valence-corrected chi connectivity index (χ2v) is 6.46. The second kappa shape index (κ2) is 6.63. The minimum Gasteiger partial charge on any atom is -0.347 e. The van der Waals surface area contributed by atoms with Crippen LogP contribution in [0.25, 0.3) is 6.08 Å². The first kappa shape index (κ1) is 14.0. The summed E-state index contributed by atoms with van der Waals surface area (Å²) in [6, 6.07) is 9.68. The van der Waals surface area contributed by atoms with E-state index in [1.807, 2.05) is 37.3 Å². The zero-order chi connectivity index (χ0) is 13.7. The molecule has 5 heteroatoms. The summed E-state index contributed by atoms with van der Waals surface area (Å²) in [4.78, 5) is 17.0. The van der Waals surface area contributed by atoms with Crippen LogP contribution in [0, 0.1) is 6.92 Å². The van der Waals surface area contributed by atoms with Crippen molar-refractivity contribution in [3.8, 4) is 0 Å². The molecule has 2 aromatic heterocycles. The highest BCUT2D eigenvalue weighted by atomic mass is 79.9. The molecule has 1 amide bonds. The minimum atomic E-state index is -0.118. The number of carbonyl (C=O) groups is 1. The van der Waals surface area contributed by atoms with E-state index in [0.29, 0.717) is 6.54 Å². The quantitative estimate of drug-likeness (QED) is 0.867. The average Bonchev–Trinajstić information content (AvgIpc) is 2.80. The molecule has 0 fully saturated rings. The van der Waals surface area contributed by atoms with Crippen LogP contribution in [-0.4, -0.2) is 10.9 Å². The largest absolute Gasteiger partial charge is 0.347 e. The van der Waals surface area contributed by atoms with E-state index in [1.165, 1.54) is 6.08 Å². The van der Waals surface area contributed by atoms with E-state index >= 15 is 0 Å². The number of hydrogen-bond acceptors (Lipinski definition) is 3. The maximum absolute atomic E-state index is 11.6. The molecule has 98 valence electrons. The highest BCUT2D eigenvalue weighted by molar-refractivity contribution is 9.11. The monoisotopic (exact) mass is 336 g/mol. The molecule has 2 rings (SSSR count). The van der Waals surface area contributed by atoms with E-state index in [1.54, 1.807) is 17.4 Å². The number of aryl methyl sites for hydroxylation is 1. The number of pyridine rings is 1. The second-order valence-electron chi connectivity index (χ2n) is 3.96. The van der Waals surface area contributed by atoms with Crippen LogP contribution < -0.4 is 5.32 Å². The first-order valence-electron chi connectivity index (χ1n) is 5.77. The van der Waals surface area contributed by atoms with Crippen LogP contribution in [-0.2, 0) is 11.3 Å². The molecule has 0 aromatic carbocycles. The Morgan fingerprint density at radius 1 is 1.42 bits per heavy atom. The molecule has 0 spiro atoms. The Labute approximate surface area is 124 Å². The average molecular weight is 337 g/mol. The van der Waals surface area contributed by atoms with Gasteiger partial charge in [-0.2, -0.15) is 0 Å². The van der Waals surface area contributed by atoms with Crippen LogP contribution in [0.15, 0.2) is 40.2 Å². The Morgan fingerprint density at radius 3 is 2.95 bits per heavy atom. The van der Waals surface area contributed by atoms with Crippen LogP contribution in [0.2, 0.25) is 0 Å². The van der Waals surface area contributed by atoms with E-state index in [4.69, 9.17) is 0 Å². The lowest BCUT2D eigenvalue weighted by atomic mass is 10.3. The topological polar surface area (TPSA) is 42.0 Å². The maximum Gasteiger partial charge on any atom is 0.244 e. The summed E-state index contributed by atoms with van der Waals surface area (Å²) < 4.78 is 1.05. The molecule has 1 N–H and O–H groups in total. The van der Waals surface area contributed by atoms with Crippen molar-refractivity contribution in [3.05, 3.63) is 56.5 Å². The summed E-state index contributed by atoms with van der Waals surface area (Å²) in [5, 5.41) is 2.81. The Kier molecular flexibility index (Phi) is 4.87. The highest BCUT2D eigenvalue weighted by Crippen LogP contribution is 2.22. The van der Waals surface area contributed by atoms with Crippen molar-refractivity contribution in [2.45, 2.75) is 13.5 Å².